The second kappa shape index (κ2) is 3.73. The number of carbonyl (C=O) groups is 1. The van der Waals surface area contributed by atoms with Gasteiger partial charge in [-0.2, -0.15) is 5.90 Å². The molecule has 0 aliphatic heterocycles. The third kappa shape index (κ3) is 1.54. The average molecular weight is 167 g/mol. The van der Waals surface area contributed by atoms with Crippen molar-refractivity contribution in [2.24, 2.45) is 5.90 Å². The molecule has 4 heteroatoms. The van der Waals surface area contributed by atoms with Gasteiger partial charge in [0.1, 0.15) is 5.56 Å². The van der Waals surface area contributed by atoms with Crippen molar-refractivity contribution >= 4 is 5.97 Å². The van der Waals surface area contributed by atoms with Gasteiger partial charge in [-0.25, -0.2) is 4.79 Å². The molecular formula is C8H9NO3. The Morgan fingerprint density at radius 3 is 2.67 bits per heavy atom. The fraction of sp³-hybridized carbons (Fsp3) is 0.125. The Morgan fingerprint density at radius 2 is 2.08 bits per heavy atom. The van der Waals surface area contributed by atoms with E-state index in [4.69, 9.17) is 5.90 Å². The molecule has 0 spiro atoms. The van der Waals surface area contributed by atoms with Crippen LogP contribution < -0.4 is 10.7 Å². The molecule has 12 heavy (non-hydrogen) atoms. The first-order chi connectivity index (χ1) is 5.79. The van der Waals surface area contributed by atoms with Gasteiger partial charge in [-0.1, -0.05) is 12.1 Å². The minimum atomic E-state index is -0.462. The van der Waals surface area contributed by atoms with Gasteiger partial charge in [0, 0.05) is 0 Å². The minimum Gasteiger partial charge on any atom is -0.465 e. The van der Waals surface area contributed by atoms with Crippen LogP contribution >= 0.6 is 0 Å². The van der Waals surface area contributed by atoms with E-state index in [1.807, 2.05) is 0 Å². The Hall–Kier alpha value is -1.55. The topological polar surface area (TPSA) is 61.5 Å². The zero-order valence-electron chi connectivity index (χ0n) is 6.61. The molecule has 0 fully saturated rings. The number of para-hydroxylation sites is 1. The number of benzene rings is 1. The molecule has 0 radical (unpaired) electrons. The van der Waals surface area contributed by atoms with E-state index in [1.165, 1.54) is 7.11 Å². The molecule has 0 atom stereocenters. The van der Waals surface area contributed by atoms with Crippen molar-refractivity contribution in [1.29, 1.82) is 0 Å². The lowest BCUT2D eigenvalue weighted by Gasteiger charge is -2.03. The van der Waals surface area contributed by atoms with Gasteiger partial charge in [0.05, 0.1) is 7.11 Å². The summed E-state index contributed by atoms with van der Waals surface area (Å²) in [7, 11) is 1.30. The predicted octanol–water partition coefficient (Wildman–Crippen LogP) is 0.726. The molecule has 0 aliphatic rings. The van der Waals surface area contributed by atoms with Gasteiger partial charge in [-0.3, -0.25) is 0 Å². The highest BCUT2D eigenvalue weighted by atomic mass is 16.6. The van der Waals surface area contributed by atoms with Crippen LogP contribution in [-0.2, 0) is 4.74 Å². The molecule has 4 nitrogen and oxygen atoms in total. The van der Waals surface area contributed by atoms with E-state index in [9.17, 15) is 4.79 Å². The minimum absolute atomic E-state index is 0.310. The number of esters is 1. The first kappa shape index (κ1) is 8.55. The Morgan fingerprint density at radius 1 is 1.42 bits per heavy atom. The zero-order chi connectivity index (χ0) is 8.97. The summed E-state index contributed by atoms with van der Waals surface area (Å²) in [6, 6.07) is 6.59. The van der Waals surface area contributed by atoms with Crippen molar-refractivity contribution in [1.82, 2.24) is 0 Å². The summed E-state index contributed by atoms with van der Waals surface area (Å²) in [4.78, 5) is 15.5. The zero-order valence-corrected chi connectivity index (χ0v) is 6.61. The fourth-order valence-corrected chi connectivity index (χ4v) is 0.848. The van der Waals surface area contributed by atoms with Crippen LogP contribution in [-0.4, -0.2) is 13.1 Å². The Kier molecular flexibility index (Phi) is 2.66. The predicted molar refractivity (Wildman–Crippen MR) is 42.6 cm³/mol. The van der Waals surface area contributed by atoms with E-state index >= 15 is 0 Å². The van der Waals surface area contributed by atoms with Crippen molar-refractivity contribution in [3.63, 3.8) is 0 Å². The molecule has 0 aliphatic carbocycles. The smallest absolute Gasteiger partial charge is 0.341 e. The van der Waals surface area contributed by atoms with Crippen LogP contribution in [0.3, 0.4) is 0 Å². The Labute approximate surface area is 69.8 Å². The summed E-state index contributed by atoms with van der Waals surface area (Å²) in [6.07, 6.45) is 0. The summed E-state index contributed by atoms with van der Waals surface area (Å²) in [6.45, 7) is 0. The van der Waals surface area contributed by atoms with Crippen LogP contribution in [0.4, 0.5) is 0 Å². The molecule has 0 aromatic heterocycles. The van der Waals surface area contributed by atoms with Gasteiger partial charge >= 0.3 is 5.97 Å². The lowest BCUT2D eigenvalue weighted by Crippen LogP contribution is -2.09. The second-order valence-corrected chi connectivity index (χ2v) is 2.11. The second-order valence-electron chi connectivity index (χ2n) is 2.11. The standard InChI is InChI=1S/C8H9NO3/c1-11-8(10)6-4-2-3-5-7(6)12-9/h2-5H,9H2,1H3. The van der Waals surface area contributed by atoms with Crippen molar-refractivity contribution in [2.75, 3.05) is 7.11 Å². The number of methoxy groups -OCH3 is 1. The highest BCUT2D eigenvalue weighted by molar-refractivity contribution is 5.92. The van der Waals surface area contributed by atoms with Crippen LogP contribution in [0.15, 0.2) is 24.3 Å². The quantitative estimate of drug-likeness (QED) is 0.521. The molecule has 64 valence electrons. The summed E-state index contributed by atoms with van der Waals surface area (Å²) in [5.74, 6) is 4.78. The molecule has 0 unspecified atom stereocenters. The largest absolute Gasteiger partial charge is 0.465 e. The van der Waals surface area contributed by atoms with E-state index < -0.39 is 5.97 Å². The number of hydrogen-bond donors (Lipinski definition) is 1. The van der Waals surface area contributed by atoms with Crippen LogP contribution in [0.2, 0.25) is 0 Å². The molecule has 1 rings (SSSR count). The summed E-state index contributed by atoms with van der Waals surface area (Å²) in [5.41, 5.74) is 0.322. The van der Waals surface area contributed by atoms with Gasteiger partial charge < -0.3 is 9.57 Å². The molecule has 1 aromatic carbocycles. The van der Waals surface area contributed by atoms with Crippen LogP contribution in [0.1, 0.15) is 10.4 Å². The van der Waals surface area contributed by atoms with Crippen molar-refractivity contribution in [2.45, 2.75) is 0 Å². The Balaban J connectivity index is 3.04. The number of nitrogens with two attached hydrogens (primary N) is 1. The number of hydrogen-bond acceptors (Lipinski definition) is 4. The third-order valence-corrected chi connectivity index (χ3v) is 1.42. The normalized spacial score (nSPS) is 9.17. The molecule has 0 amide bonds. The maximum atomic E-state index is 11.0. The fourth-order valence-electron chi connectivity index (χ4n) is 0.848. The summed E-state index contributed by atoms with van der Waals surface area (Å²) < 4.78 is 4.50. The highest BCUT2D eigenvalue weighted by Crippen LogP contribution is 2.16. The lowest BCUT2D eigenvalue weighted by molar-refractivity contribution is 0.0596. The highest BCUT2D eigenvalue weighted by Gasteiger charge is 2.10. The third-order valence-electron chi connectivity index (χ3n) is 1.42. The maximum Gasteiger partial charge on any atom is 0.341 e. The SMILES string of the molecule is COC(=O)c1ccccc1ON. The van der Waals surface area contributed by atoms with Gasteiger partial charge in [0.25, 0.3) is 0 Å². The molecule has 0 bridgehead atoms. The number of rotatable bonds is 2. The molecular weight excluding hydrogens is 158 g/mol. The monoisotopic (exact) mass is 167 g/mol. The molecule has 0 saturated heterocycles. The van der Waals surface area contributed by atoms with Crippen molar-refractivity contribution < 1.29 is 14.4 Å². The van der Waals surface area contributed by atoms with E-state index in [0.29, 0.717) is 11.3 Å². The summed E-state index contributed by atoms with van der Waals surface area (Å²) in [5, 5.41) is 0. The van der Waals surface area contributed by atoms with Gasteiger partial charge in [0.2, 0.25) is 0 Å². The van der Waals surface area contributed by atoms with Crippen LogP contribution in [0.25, 0.3) is 0 Å². The first-order valence-corrected chi connectivity index (χ1v) is 3.33. The van der Waals surface area contributed by atoms with Crippen LogP contribution in [0, 0.1) is 0 Å². The lowest BCUT2D eigenvalue weighted by atomic mass is 10.2. The molecule has 0 heterocycles. The van der Waals surface area contributed by atoms with E-state index in [-0.39, 0.29) is 0 Å². The van der Waals surface area contributed by atoms with Crippen LogP contribution in [0.5, 0.6) is 5.75 Å². The first-order valence-electron chi connectivity index (χ1n) is 3.33. The van der Waals surface area contributed by atoms with E-state index in [1.54, 1.807) is 24.3 Å². The maximum absolute atomic E-state index is 11.0. The number of ether oxygens (including phenoxy) is 1. The van der Waals surface area contributed by atoms with Gasteiger partial charge in [-0.05, 0) is 12.1 Å². The van der Waals surface area contributed by atoms with Gasteiger partial charge in [0.15, 0.2) is 5.75 Å². The number of carbonyl (C=O) groups excluding carboxylic acids is 1. The van der Waals surface area contributed by atoms with E-state index in [2.05, 4.69) is 9.57 Å². The average Bonchev–Trinajstić information content (AvgIpc) is 2.16. The molecule has 0 saturated carbocycles. The van der Waals surface area contributed by atoms with Crippen molar-refractivity contribution in [3.8, 4) is 5.75 Å². The van der Waals surface area contributed by atoms with E-state index in [0.717, 1.165) is 0 Å². The van der Waals surface area contributed by atoms with Gasteiger partial charge in [-0.15, -0.1) is 0 Å². The molecule has 2 N–H and O–H groups in total. The summed E-state index contributed by atoms with van der Waals surface area (Å²) >= 11 is 0. The molecule has 1 aromatic rings. The van der Waals surface area contributed by atoms with Crippen molar-refractivity contribution in [3.05, 3.63) is 29.8 Å². The Bertz CT molecular complexity index is 285.